The van der Waals surface area contributed by atoms with Gasteiger partial charge in [0.05, 0.1) is 31.5 Å². The van der Waals surface area contributed by atoms with E-state index in [9.17, 15) is 14.0 Å². The van der Waals surface area contributed by atoms with E-state index in [0.717, 1.165) is 5.56 Å². The van der Waals surface area contributed by atoms with Crippen LogP contribution < -0.4 is 30.2 Å². The number of carbonyl (C=O) groups is 2. The minimum atomic E-state index is -0.742. The zero-order valence-electron chi connectivity index (χ0n) is 20.1. The van der Waals surface area contributed by atoms with Crippen LogP contribution in [0.1, 0.15) is 24.1 Å². The molecular weight excluding hydrogens is 465 g/mol. The Morgan fingerprint density at radius 3 is 2.42 bits per heavy atom. The Morgan fingerprint density at radius 1 is 0.972 bits per heavy atom. The molecule has 1 heterocycles. The summed E-state index contributed by atoms with van der Waals surface area (Å²) in [5.41, 5.74) is 2.68. The van der Waals surface area contributed by atoms with Crippen LogP contribution in [0.3, 0.4) is 0 Å². The molecule has 0 radical (unpaired) electrons. The molecule has 0 bridgehead atoms. The monoisotopic (exact) mass is 491 g/mol. The molecule has 9 heteroatoms. The summed E-state index contributed by atoms with van der Waals surface area (Å²) in [5.74, 6) is 0.678. The molecule has 8 nitrogen and oxygen atoms in total. The average molecular weight is 492 g/mol. The lowest BCUT2D eigenvalue weighted by atomic mass is 9.94. The number of para-hydroxylation sites is 2. The van der Waals surface area contributed by atoms with Gasteiger partial charge in [0.2, 0.25) is 0 Å². The fourth-order valence-electron chi connectivity index (χ4n) is 3.91. The first-order valence-corrected chi connectivity index (χ1v) is 11.2. The van der Waals surface area contributed by atoms with Crippen LogP contribution in [-0.2, 0) is 11.4 Å². The topological polar surface area (TPSA) is 97.9 Å². The first kappa shape index (κ1) is 24.6. The maximum absolute atomic E-state index is 13.3. The van der Waals surface area contributed by atoms with Crippen molar-refractivity contribution in [2.75, 3.05) is 19.5 Å². The fourth-order valence-corrected chi connectivity index (χ4v) is 3.91. The van der Waals surface area contributed by atoms with Gasteiger partial charge < -0.3 is 30.2 Å². The van der Waals surface area contributed by atoms with Crippen molar-refractivity contribution in [2.45, 2.75) is 19.6 Å². The third kappa shape index (κ3) is 5.41. The van der Waals surface area contributed by atoms with E-state index in [1.54, 1.807) is 61.5 Å². The Balaban J connectivity index is 1.60. The number of rotatable bonds is 8. The van der Waals surface area contributed by atoms with Crippen molar-refractivity contribution >= 4 is 17.6 Å². The number of methoxy groups -OCH3 is 2. The largest absolute Gasteiger partial charge is 0.495 e. The Labute approximate surface area is 208 Å². The number of benzene rings is 3. The van der Waals surface area contributed by atoms with Gasteiger partial charge in [-0.25, -0.2) is 9.18 Å². The van der Waals surface area contributed by atoms with Gasteiger partial charge in [-0.1, -0.05) is 30.3 Å². The van der Waals surface area contributed by atoms with Crippen LogP contribution in [0, 0.1) is 5.82 Å². The van der Waals surface area contributed by atoms with Gasteiger partial charge in [-0.3, -0.25) is 4.79 Å². The van der Waals surface area contributed by atoms with Gasteiger partial charge in [-0.2, -0.15) is 0 Å². The van der Waals surface area contributed by atoms with Crippen molar-refractivity contribution in [3.05, 3.63) is 94.9 Å². The molecule has 0 saturated heterocycles. The molecule has 186 valence electrons. The second kappa shape index (κ2) is 10.8. The highest BCUT2D eigenvalue weighted by Gasteiger charge is 2.32. The highest BCUT2D eigenvalue weighted by molar-refractivity contribution is 6.07. The van der Waals surface area contributed by atoms with Crippen LogP contribution in [0.25, 0.3) is 0 Å². The molecule has 0 aliphatic carbocycles. The summed E-state index contributed by atoms with van der Waals surface area (Å²) >= 11 is 0. The number of allylic oxidation sites excluding steroid dienone is 1. The van der Waals surface area contributed by atoms with Gasteiger partial charge in [0.1, 0.15) is 18.2 Å². The third-order valence-corrected chi connectivity index (χ3v) is 5.70. The number of urea groups is 1. The van der Waals surface area contributed by atoms with Crippen molar-refractivity contribution in [1.29, 1.82) is 0 Å². The molecule has 3 aromatic rings. The summed E-state index contributed by atoms with van der Waals surface area (Å²) in [6.07, 6.45) is 0. The number of amides is 3. The summed E-state index contributed by atoms with van der Waals surface area (Å²) in [6, 6.07) is 17.1. The summed E-state index contributed by atoms with van der Waals surface area (Å²) in [7, 11) is 3.02. The average Bonchev–Trinajstić information content (AvgIpc) is 2.88. The van der Waals surface area contributed by atoms with Gasteiger partial charge in [-0.05, 0) is 54.4 Å². The molecule has 0 saturated carbocycles. The zero-order chi connectivity index (χ0) is 25.7. The lowest BCUT2D eigenvalue weighted by Gasteiger charge is -2.29. The first-order valence-electron chi connectivity index (χ1n) is 11.2. The van der Waals surface area contributed by atoms with E-state index in [0.29, 0.717) is 39.8 Å². The van der Waals surface area contributed by atoms with E-state index in [-0.39, 0.29) is 12.4 Å². The van der Waals surface area contributed by atoms with Gasteiger partial charge >= 0.3 is 6.03 Å². The molecule has 1 aliphatic rings. The highest BCUT2D eigenvalue weighted by Crippen LogP contribution is 2.35. The van der Waals surface area contributed by atoms with Crippen LogP contribution in [0.5, 0.6) is 17.2 Å². The van der Waals surface area contributed by atoms with E-state index >= 15 is 0 Å². The Kier molecular flexibility index (Phi) is 7.39. The molecule has 0 fully saturated rings. The predicted molar refractivity (Wildman–Crippen MR) is 132 cm³/mol. The Hall–Kier alpha value is -4.53. The summed E-state index contributed by atoms with van der Waals surface area (Å²) in [5, 5.41) is 8.33. The quantitative estimate of drug-likeness (QED) is 0.425. The van der Waals surface area contributed by atoms with Gasteiger partial charge in [0.25, 0.3) is 5.91 Å². The van der Waals surface area contributed by atoms with E-state index in [4.69, 9.17) is 14.2 Å². The number of carbonyl (C=O) groups excluding carboxylic acids is 2. The highest BCUT2D eigenvalue weighted by atomic mass is 19.1. The molecular formula is C27H26FN3O5. The molecule has 4 rings (SSSR count). The predicted octanol–water partition coefficient (Wildman–Crippen LogP) is 4.69. The second-order valence-electron chi connectivity index (χ2n) is 8.05. The molecule has 3 N–H and O–H groups in total. The number of halogens is 1. The normalized spacial score (nSPS) is 15.0. The van der Waals surface area contributed by atoms with Crippen molar-refractivity contribution in [1.82, 2.24) is 10.6 Å². The molecule has 1 aliphatic heterocycles. The van der Waals surface area contributed by atoms with Gasteiger partial charge in [0.15, 0.2) is 11.5 Å². The van der Waals surface area contributed by atoms with Crippen molar-refractivity contribution in [3.8, 4) is 17.2 Å². The van der Waals surface area contributed by atoms with Crippen molar-refractivity contribution in [2.24, 2.45) is 0 Å². The number of hydrogen-bond donors (Lipinski definition) is 3. The maximum Gasteiger partial charge on any atom is 0.319 e. The zero-order valence-corrected chi connectivity index (χ0v) is 20.1. The van der Waals surface area contributed by atoms with E-state index in [2.05, 4.69) is 16.0 Å². The number of anilines is 1. The summed E-state index contributed by atoms with van der Waals surface area (Å²) in [6.45, 7) is 1.88. The van der Waals surface area contributed by atoms with Gasteiger partial charge in [-0.15, -0.1) is 0 Å². The smallest absolute Gasteiger partial charge is 0.319 e. The van der Waals surface area contributed by atoms with E-state index in [1.165, 1.54) is 26.4 Å². The Morgan fingerprint density at radius 2 is 1.69 bits per heavy atom. The van der Waals surface area contributed by atoms with Crippen LogP contribution in [0.2, 0.25) is 0 Å². The number of hydrogen-bond acceptors (Lipinski definition) is 5. The minimum absolute atomic E-state index is 0.214. The van der Waals surface area contributed by atoms with E-state index < -0.39 is 18.0 Å². The lowest BCUT2D eigenvalue weighted by Crippen LogP contribution is -2.46. The van der Waals surface area contributed by atoms with Crippen LogP contribution in [0.15, 0.2) is 78.0 Å². The number of ether oxygens (including phenoxy) is 3. The Bertz CT molecular complexity index is 1310. The van der Waals surface area contributed by atoms with Crippen LogP contribution in [-0.4, -0.2) is 26.2 Å². The number of nitrogens with one attached hydrogen (secondary N) is 3. The summed E-state index contributed by atoms with van der Waals surface area (Å²) < 4.78 is 29.9. The third-order valence-electron chi connectivity index (χ3n) is 5.70. The van der Waals surface area contributed by atoms with Crippen LogP contribution in [0.4, 0.5) is 14.9 Å². The molecule has 0 aromatic heterocycles. The van der Waals surface area contributed by atoms with Crippen molar-refractivity contribution < 1.29 is 28.2 Å². The van der Waals surface area contributed by atoms with Gasteiger partial charge in [0, 0.05) is 5.70 Å². The molecule has 3 amide bonds. The van der Waals surface area contributed by atoms with Crippen LogP contribution >= 0.6 is 0 Å². The molecule has 0 unspecified atom stereocenters. The summed E-state index contributed by atoms with van der Waals surface area (Å²) in [4.78, 5) is 25.6. The SMILES string of the molecule is COc1ccccc1NC(=O)C1=C(C)NC(=O)N[C@@H]1c1ccc(OCc2ccc(F)cc2)c(OC)c1. The molecule has 3 aromatic carbocycles. The van der Waals surface area contributed by atoms with E-state index in [1.807, 2.05) is 0 Å². The fraction of sp³-hybridized carbons (Fsp3) is 0.185. The molecule has 1 atom stereocenters. The molecule has 0 spiro atoms. The standard InChI is InChI=1S/C27H26FN3O5/c1-16-24(26(32)30-20-6-4-5-7-21(20)34-2)25(31-27(33)29-16)18-10-13-22(23(14-18)35-3)36-15-17-8-11-19(28)12-9-17/h4-14,25H,15H2,1-3H3,(H,30,32)(H2,29,31,33)/t25-/m1/s1. The maximum atomic E-state index is 13.3. The second-order valence-corrected chi connectivity index (χ2v) is 8.05. The lowest BCUT2D eigenvalue weighted by molar-refractivity contribution is -0.113. The molecule has 36 heavy (non-hydrogen) atoms. The first-order chi connectivity index (χ1) is 17.4. The minimum Gasteiger partial charge on any atom is -0.495 e. The van der Waals surface area contributed by atoms with Crippen molar-refractivity contribution in [3.63, 3.8) is 0 Å².